The van der Waals surface area contributed by atoms with E-state index in [0.717, 1.165) is 27.7 Å². The highest BCUT2D eigenvalue weighted by Gasteiger charge is 2.31. The van der Waals surface area contributed by atoms with Gasteiger partial charge in [0.1, 0.15) is 24.4 Å². The third kappa shape index (κ3) is 43.0. The molecule has 12 heteroatoms. The maximum Gasteiger partial charge on any atom is 0.300 e. The molecule has 0 saturated heterocycles. The van der Waals surface area contributed by atoms with Crippen LogP contribution in [-0.4, -0.2) is 89.1 Å². The van der Waals surface area contributed by atoms with Crippen molar-refractivity contribution >= 4 is 23.9 Å². The molecule has 0 aromatic rings. The SMILES string of the molecule is CC(=O)O.CC(=O)O.CC(=O)O.CC(=O)O.O[C@H]1[C@H](O)[C@@H](O)C=C[C@@H]1O. The van der Waals surface area contributed by atoms with E-state index >= 15 is 0 Å². The van der Waals surface area contributed by atoms with Gasteiger partial charge < -0.3 is 40.9 Å². The number of carboxylic acid groups (broad SMARTS) is 4. The van der Waals surface area contributed by atoms with Gasteiger partial charge in [0, 0.05) is 27.7 Å². The number of carbonyl (C=O) groups is 4. The number of hydrogen-bond donors (Lipinski definition) is 8. The summed E-state index contributed by atoms with van der Waals surface area (Å²) in [4.78, 5) is 36.0. The summed E-state index contributed by atoms with van der Waals surface area (Å²) in [6, 6.07) is 0. The Hall–Kier alpha value is -2.54. The Kier molecular flexibility index (Phi) is 22.6. The fourth-order valence-corrected chi connectivity index (χ4v) is 0.859. The quantitative estimate of drug-likeness (QED) is 0.219. The molecule has 0 heterocycles. The lowest BCUT2D eigenvalue weighted by Gasteiger charge is -2.27. The molecule has 0 radical (unpaired) electrons. The van der Waals surface area contributed by atoms with Crippen LogP contribution in [0.1, 0.15) is 27.7 Å². The monoisotopic (exact) mass is 386 g/mol. The first-order valence-corrected chi connectivity index (χ1v) is 6.74. The third-order valence-corrected chi connectivity index (χ3v) is 1.56. The van der Waals surface area contributed by atoms with Gasteiger partial charge in [-0.25, -0.2) is 0 Å². The molecule has 1 aliphatic rings. The molecule has 8 N–H and O–H groups in total. The molecule has 0 aliphatic heterocycles. The summed E-state index contributed by atoms with van der Waals surface area (Å²) in [5, 5.41) is 65.2. The molecule has 154 valence electrons. The molecule has 0 fully saturated rings. The standard InChI is InChI=1S/C6H10O4.4C2H4O2/c7-3-1-2-4(8)6(10)5(3)9;4*1-2(3)4/h1-10H;4*1H3,(H,3,4)/t3-,4-,5+,6+;;;;/m0..../s1. The van der Waals surface area contributed by atoms with E-state index in [-0.39, 0.29) is 0 Å². The van der Waals surface area contributed by atoms with Crippen LogP contribution in [-0.2, 0) is 19.2 Å². The van der Waals surface area contributed by atoms with Gasteiger partial charge >= 0.3 is 0 Å². The minimum absolute atomic E-state index is 0.833. The lowest BCUT2D eigenvalue weighted by Crippen LogP contribution is -2.46. The molecule has 1 rings (SSSR count). The highest BCUT2D eigenvalue weighted by Crippen LogP contribution is 2.12. The van der Waals surface area contributed by atoms with Gasteiger partial charge in [0.25, 0.3) is 23.9 Å². The summed E-state index contributed by atoms with van der Waals surface area (Å²) < 4.78 is 0. The first kappa shape index (κ1) is 31.3. The number of hydrogen-bond acceptors (Lipinski definition) is 8. The van der Waals surface area contributed by atoms with Crippen molar-refractivity contribution in [3.8, 4) is 0 Å². The smallest absolute Gasteiger partial charge is 0.300 e. The van der Waals surface area contributed by atoms with Crippen molar-refractivity contribution in [2.24, 2.45) is 0 Å². The first-order chi connectivity index (χ1) is 11.6. The maximum atomic E-state index is 9.00. The molecule has 0 aromatic heterocycles. The van der Waals surface area contributed by atoms with Crippen LogP contribution in [0.3, 0.4) is 0 Å². The molecule has 4 atom stereocenters. The molecule has 12 nitrogen and oxygen atoms in total. The van der Waals surface area contributed by atoms with Gasteiger partial charge in [-0.05, 0) is 0 Å². The minimum Gasteiger partial charge on any atom is -0.481 e. The zero-order valence-electron chi connectivity index (χ0n) is 14.7. The van der Waals surface area contributed by atoms with Gasteiger partial charge in [0.2, 0.25) is 0 Å². The van der Waals surface area contributed by atoms with E-state index in [4.69, 9.17) is 60.0 Å². The number of aliphatic carboxylic acids is 4. The largest absolute Gasteiger partial charge is 0.481 e. The average molecular weight is 386 g/mol. The predicted molar refractivity (Wildman–Crippen MR) is 86.4 cm³/mol. The number of carboxylic acids is 4. The summed E-state index contributed by atoms with van der Waals surface area (Å²) in [5.74, 6) is -3.33. The summed E-state index contributed by atoms with van der Waals surface area (Å²) in [5.41, 5.74) is 0. The molecule has 0 saturated carbocycles. The van der Waals surface area contributed by atoms with E-state index in [1.807, 2.05) is 0 Å². The van der Waals surface area contributed by atoms with Crippen molar-refractivity contribution < 1.29 is 60.0 Å². The Morgan fingerprint density at radius 2 is 0.654 bits per heavy atom. The second kappa shape index (κ2) is 18.8. The Morgan fingerprint density at radius 1 is 0.538 bits per heavy atom. The summed E-state index contributed by atoms with van der Waals surface area (Å²) in [6.07, 6.45) is -2.19. The van der Waals surface area contributed by atoms with Crippen LogP contribution >= 0.6 is 0 Å². The normalized spacial score (nSPS) is 22.2. The van der Waals surface area contributed by atoms with Crippen molar-refractivity contribution in [1.29, 1.82) is 0 Å². The van der Waals surface area contributed by atoms with Crippen molar-refractivity contribution in [1.82, 2.24) is 0 Å². The van der Waals surface area contributed by atoms with Crippen LogP contribution in [0.4, 0.5) is 0 Å². The topological polar surface area (TPSA) is 230 Å². The third-order valence-electron chi connectivity index (χ3n) is 1.56. The Labute approximate surface area is 149 Å². The van der Waals surface area contributed by atoms with Gasteiger partial charge in [0.15, 0.2) is 0 Å². The van der Waals surface area contributed by atoms with E-state index in [2.05, 4.69) is 0 Å². The zero-order chi connectivity index (χ0) is 22.0. The minimum atomic E-state index is -1.28. The highest BCUT2D eigenvalue weighted by atomic mass is 16.4. The predicted octanol–water partition coefficient (Wildman–Crippen LogP) is -1.64. The van der Waals surface area contributed by atoms with Crippen LogP contribution in [0.15, 0.2) is 12.2 Å². The van der Waals surface area contributed by atoms with Crippen LogP contribution < -0.4 is 0 Å². The fourth-order valence-electron chi connectivity index (χ4n) is 0.859. The second-order valence-electron chi connectivity index (χ2n) is 4.42. The summed E-state index contributed by atoms with van der Waals surface area (Å²) in [6.45, 7) is 4.33. The highest BCUT2D eigenvalue weighted by molar-refractivity contribution is 5.63. The van der Waals surface area contributed by atoms with Crippen molar-refractivity contribution in [3.63, 3.8) is 0 Å². The fraction of sp³-hybridized carbons (Fsp3) is 0.571. The van der Waals surface area contributed by atoms with Crippen LogP contribution in [0, 0.1) is 0 Å². The molecule has 0 unspecified atom stereocenters. The Balaban J connectivity index is -0.000000129. The van der Waals surface area contributed by atoms with Gasteiger partial charge in [-0.3, -0.25) is 19.2 Å². The maximum absolute atomic E-state index is 9.00. The molecule has 1 aliphatic carbocycles. The second-order valence-corrected chi connectivity index (χ2v) is 4.42. The van der Waals surface area contributed by atoms with E-state index in [9.17, 15) is 0 Å². The lowest BCUT2D eigenvalue weighted by molar-refractivity contribution is -0.135. The van der Waals surface area contributed by atoms with Crippen molar-refractivity contribution in [2.45, 2.75) is 52.1 Å². The Morgan fingerprint density at radius 3 is 0.769 bits per heavy atom. The molecule has 26 heavy (non-hydrogen) atoms. The van der Waals surface area contributed by atoms with E-state index in [1.165, 1.54) is 12.2 Å². The number of aliphatic hydroxyl groups excluding tert-OH is 4. The van der Waals surface area contributed by atoms with Crippen molar-refractivity contribution in [2.75, 3.05) is 0 Å². The number of aliphatic hydroxyl groups is 4. The molecular weight excluding hydrogens is 360 g/mol. The van der Waals surface area contributed by atoms with Gasteiger partial charge in [-0.2, -0.15) is 0 Å². The van der Waals surface area contributed by atoms with Gasteiger partial charge in [-0.1, -0.05) is 12.2 Å². The van der Waals surface area contributed by atoms with E-state index in [0.29, 0.717) is 0 Å². The van der Waals surface area contributed by atoms with Crippen LogP contribution in [0.25, 0.3) is 0 Å². The first-order valence-electron chi connectivity index (χ1n) is 6.74. The summed E-state index contributed by atoms with van der Waals surface area (Å²) in [7, 11) is 0. The van der Waals surface area contributed by atoms with Gasteiger partial charge in [-0.15, -0.1) is 0 Å². The van der Waals surface area contributed by atoms with Crippen LogP contribution in [0.2, 0.25) is 0 Å². The Bertz CT molecular complexity index is 365. The van der Waals surface area contributed by atoms with Crippen LogP contribution in [0.5, 0.6) is 0 Å². The average Bonchev–Trinajstić information content (AvgIpc) is 2.38. The zero-order valence-corrected chi connectivity index (χ0v) is 14.7. The molecule has 0 bridgehead atoms. The van der Waals surface area contributed by atoms with Crippen molar-refractivity contribution in [3.05, 3.63) is 12.2 Å². The van der Waals surface area contributed by atoms with Gasteiger partial charge in [0.05, 0.1) is 0 Å². The molecule has 0 amide bonds. The van der Waals surface area contributed by atoms with E-state index in [1.54, 1.807) is 0 Å². The molecule has 0 spiro atoms. The lowest BCUT2D eigenvalue weighted by atomic mass is 9.97. The molecule has 0 aromatic carbocycles. The molecular formula is C14H26O12. The summed E-state index contributed by atoms with van der Waals surface area (Å²) >= 11 is 0. The number of rotatable bonds is 0. The van der Waals surface area contributed by atoms with E-state index < -0.39 is 48.3 Å².